The molecule has 2 aliphatic rings. The summed E-state index contributed by atoms with van der Waals surface area (Å²) < 4.78 is 46.3. The van der Waals surface area contributed by atoms with Gasteiger partial charge < -0.3 is 26.0 Å². The summed E-state index contributed by atoms with van der Waals surface area (Å²) in [6.07, 6.45) is 4.89. The number of rotatable bonds is 8. The molecule has 2 atom stereocenters. The van der Waals surface area contributed by atoms with Gasteiger partial charge >= 0.3 is 6.36 Å². The molecular weight excluding hydrogens is 461 g/mol. The summed E-state index contributed by atoms with van der Waals surface area (Å²) in [5.41, 5.74) is 8.20. The lowest BCUT2D eigenvalue weighted by Gasteiger charge is -2.39. The largest absolute Gasteiger partial charge is 0.573 e. The third-order valence-corrected chi connectivity index (χ3v) is 6.42. The molecule has 0 amide bonds. The molecule has 1 aliphatic heterocycles. The Bertz CT molecular complexity index is 1110. The van der Waals surface area contributed by atoms with Crippen LogP contribution in [0.1, 0.15) is 25.0 Å². The van der Waals surface area contributed by atoms with Crippen LogP contribution in [0.4, 0.5) is 19.1 Å². The van der Waals surface area contributed by atoms with Gasteiger partial charge in [0, 0.05) is 30.0 Å². The third-order valence-electron chi connectivity index (χ3n) is 6.42. The lowest BCUT2D eigenvalue weighted by molar-refractivity contribution is -0.304. The van der Waals surface area contributed by atoms with E-state index in [2.05, 4.69) is 30.4 Å². The molecule has 35 heavy (non-hydrogen) atoms. The van der Waals surface area contributed by atoms with Crippen LogP contribution < -0.4 is 16.4 Å². The van der Waals surface area contributed by atoms with Gasteiger partial charge in [-0.2, -0.15) is 5.10 Å². The number of alkyl halides is 3. The first-order valence-corrected chi connectivity index (χ1v) is 11.6. The second kappa shape index (κ2) is 9.96. The predicted octanol–water partition coefficient (Wildman–Crippen LogP) is 2.64. The Hall–Kier alpha value is -2.96. The van der Waals surface area contributed by atoms with Crippen LogP contribution in [0.3, 0.4) is 0 Å². The molecule has 0 fully saturated rings. The number of ether oxygens (including phenoxy) is 1. The summed E-state index contributed by atoms with van der Waals surface area (Å²) in [5.74, 6) is -0.247. The second-order valence-corrected chi connectivity index (χ2v) is 9.08. The summed E-state index contributed by atoms with van der Waals surface area (Å²) in [5, 5.41) is 10.4. The van der Waals surface area contributed by atoms with Crippen molar-refractivity contribution in [3.8, 4) is 11.3 Å². The lowest BCUT2D eigenvalue weighted by atomic mass is 9.82. The van der Waals surface area contributed by atoms with Crippen LogP contribution in [-0.4, -0.2) is 70.3 Å². The van der Waals surface area contributed by atoms with Gasteiger partial charge in [-0.25, -0.2) is 9.97 Å². The van der Waals surface area contributed by atoms with Gasteiger partial charge in [-0.3, -0.25) is 4.68 Å². The zero-order chi connectivity index (χ0) is 25.2. The van der Waals surface area contributed by atoms with Gasteiger partial charge in [0.1, 0.15) is 0 Å². The predicted molar refractivity (Wildman–Crippen MR) is 126 cm³/mol. The number of fused-ring (bicyclic) bond motifs is 1. The van der Waals surface area contributed by atoms with Crippen molar-refractivity contribution < 1.29 is 17.9 Å². The van der Waals surface area contributed by atoms with Crippen molar-refractivity contribution >= 4 is 5.95 Å². The van der Waals surface area contributed by atoms with Crippen LogP contribution in [0, 0.1) is 0 Å². The summed E-state index contributed by atoms with van der Waals surface area (Å²) in [4.78, 5) is 10.7. The van der Waals surface area contributed by atoms with Gasteiger partial charge in [0.2, 0.25) is 5.95 Å². The van der Waals surface area contributed by atoms with E-state index in [1.807, 2.05) is 23.7 Å². The van der Waals surface area contributed by atoms with Crippen molar-refractivity contribution in [1.82, 2.24) is 30.0 Å². The first-order valence-electron chi connectivity index (χ1n) is 11.6. The van der Waals surface area contributed by atoms with Crippen LogP contribution in [0.25, 0.3) is 11.3 Å². The number of hydrogen-bond donors (Lipinski definition) is 3. The molecule has 0 spiro atoms. The Morgan fingerprint density at radius 1 is 1.31 bits per heavy atom. The summed E-state index contributed by atoms with van der Waals surface area (Å²) in [6.45, 7) is 1.47. The molecule has 0 aromatic carbocycles. The Morgan fingerprint density at radius 3 is 2.83 bits per heavy atom. The summed E-state index contributed by atoms with van der Waals surface area (Å²) in [7, 11) is 5.45. The molecule has 0 bridgehead atoms. The highest BCUT2D eigenvalue weighted by Gasteiger charge is 2.41. The molecule has 2 unspecified atom stereocenters. The smallest absolute Gasteiger partial charge is 0.404 e. The maximum Gasteiger partial charge on any atom is 0.573 e. The average Bonchev–Trinajstić information content (AvgIpc) is 3.24. The molecule has 2 aromatic rings. The van der Waals surface area contributed by atoms with Crippen molar-refractivity contribution in [2.24, 2.45) is 5.73 Å². The standard InChI is InChI=1S/C23H31F3N8O/c1-28-22(8-11-33(2)3)13-19(35-23(24,25)26)17(12-20(22)27)32-21-29-9-7-16(31-21)15-14-30-34-10-5-4-6-18(15)34/h7,9,12-14,20,28H,4-6,8,10-11,27H2,1-3H3,(H,29,31,32). The number of aromatic nitrogens is 4. The molecule has 0 saturated heterocycles. The fraction of sp³-hybridized carbons (Fsp3) is 0.522. The molecule has 0 radical (unpaired) electrons. The highest BCUT2D eigenvalue weighted by atomic mass is 19.4. The van der Waals surface area contributed by atoms with Gasteiger partial charge in [-0.05, 0) is 71.6 Å². The van der Waals surface area contributed by atoms with Gasteiger partial charge in [0.25, 0.3) is 0 Å². The first kappa shape index (κ1) is 25.1. The Labute approximate surface area is 202 Å². The van der Waals surface area contributed by atoms with E-state index in [-0.39, 0.29) is 17.4 Å². The molecule has 0 saturated carbocycles. The number of likely N-dealkylation sites (N-methyl/N-ethyl adjacent to an activating group) is 1. The Balaban J connectivity index is 1.63. The highest BCUT2D eigenvalue weighted by molar-refractivity contribution is 5.63. The minimum Gasteiger partial charge on any atom is -0.404 e. The maximum absolute atomic E-state index is 13.3. The zero-order valence-electron chi connectivity index (χ0n) is 20.1. The molecule has 12 heteroatoms. The Morgan fingerprint density at radius 2 is 2.11 bits per heavy atom. The van der Waals surface area contributed by atoms with Crippen LogP contribution in [0.5, 0.6) is 0 Å². The van der Waals surface area contributed by atoms with Crippen LogP contribution >= 0.6 is 0 Å². The normalized spacial score (nSPS) is 22.5. The van der Waals surface area contributed by atoms with Crippen molar-refractivity contribution in [2.75, 3.05) is 33.0 Å². The summed E-state index contributed by atoms with van der Waals surface area (Å²) >= 11 is 0. The number of aryl methyl sites for hydroxylation is 1. The lowest BCUT2D eigenvalue weighted by Crippen LogP contribution is -2.58. The fourth-order valence-electron chi connectivity index (χ4n) is 4.47. The molecule has 4 N–H and O–H groups in total. The molecular formula is C23H31F3N8O. The van der Waals surface area contributed by atoms with Gasteiger partial charge in [0.15, 0.2) is 5.76 Å². The third kappa shape index (κ3) is 5.65. The molecule has 3 heterocycles. The minimum atomic E-state index is -4.88. The van der Waals surface area contributed by atoms with E-state index in [1.54, 1.807) is 25.5 Å². The molecule has 1 aliphatic carbocycles. The molecule has 4 rings (SSSR count). The molecule has 2 aromatic heterocycles. The monoisotopic (exact) mass is 492 g/mol. The highest BCUT2D eigenvalue weighted by Crippen LogP contribution is 2.34. The van der Waals surface area contributed by atoms with Crippen molar-refractivity contribution in [1.29, 1.82) is 0 Å². The van der Waals surface area contributed by atoms with Gasteiger partial charge in [-0.15, -0.1) is 13.2 Å². The quantitative estimate of drug-likeness (QED) is 0.517. The Kier molecular flexibility index (Phi) is 7.15. The second-order valence-electron chi connectivity index (χ2n) is 9.08. The molecule has 190 valence electrons. The first-order chi connectivity index (χ1) is 16.6. The van der Waals surface area contributed by atoms with E-state index in [9.17, 15) is 13.2 Å². The topological polar surface area (TPSA) is 106 Å². The van der Waals surface area contributed by atoms with E-state index in [1.165, 1.54) is 12.2 Å². The van der Waals surface area contributed by atoms with Crippen molar-refractivity contribution in [3.63, 3.8) is 0 Å². The number of halogens is 3. The average molecular weight is 493 g/mol. The van der Waals surface area contributed by atoms with Crippen molar-refractivity contribution in [2.45, 2.75) is 50.2 Å². The number of nitrogens with zero attached hydrogens (tertiary/aromatic N) is 5. The van der Waals surface area contributed by atoms with E-state index < -0.39 is 17.9 Å². The van der Waals surface area contributed by atoms with Gasteiger partial charge in [0.05, 0.1) is 23.1 Å². The van der Waals surface area contributed by atoms with E-state index in [4.69, 9.17) is 5.73 Å². The number of anilines is 1. The minimum absolute atomic E-state index is 0.0553. The van der Waals surface area contributed by atoms with E-state index in [0.29, 0.717) is 18.7 Å². The van der Waals surface area contributed by atoms with Crippen LogP contribution in [0.15, 0.2) is 42.1 Å². The number of nitrogens with one attached hydrogen (secondary N) is 2. The molecule has 9 nitrogen and oxygen atoms in total. The fourth-order valence-corrected chi connectivity index (χ4v) is 4.47. The number of nitrogens with two attached hydrogens (primary N) is 1. The van der Waals surface area contributed by atoms with Crippen molar-refractivity contribution in [3.05, 3.63) is 47.8 Å². The zero-order valence-corrected chi connectivity index (χ0v) is 20.1. The summed E-state index contributed by atoms with van der Waals surface area (Å²) in [6, 6.07) is 1.14. The van der Waals surface area contributed by atoms with E-state index >= 15 is 0 Å². The van der Waals surface area contributed by atoms with Crippen LogP contribution in [-0.2, 0) is 17.7 Å². The maximum atomic E-state index is 13.3. The SMILES string of the molecule is CNC1(CCN(C)C)C=C(OC(F)(F)F)C(Nc2nccc(-c3cnn4c3CCCC4)n2)=CC1N. The van der Waals surface area contributed by atoms with Crippen LogP contribution in [0.2, 0.25) is 0 Å². The van der Waals surface area contributed by atoms with Gasteiger partial charge in [-0.1, -0.05) is 0 Å². The number of hydrogen-bond acceptors (Lipinski definition) is 8. The van der Waals surface area contributed by atoms with E-state index in [0.717, 1.165) is 37.1 Å².